The van der Waals surface area contributed by atoms with Crippen LogP contribution in [0.15, 0.2) is 40.9 Å². The number of fused-ring (bicyclic) bond motifs is 1. The lowest BCUT2D eigenvalue weighted by Crippen LogP contribution is -2.13. The van der Waals surface area contributed by atoms with Crippen molar-refractivity contribution in [3.05, 3.63) is 62.6 Å². The van der Waals surface area contributed by atoms with Crippen LogP contribution in [0, 0.1) is 13.8 Å². The molecule has 1 heterocycles. The fourth-order valence-electron chi connectivity index (χ4n) is 2.51. The van der Waals surface area contributed by atoms with Crippen LogP contribution < -0.4 is 5.73 Å². The highest BCUT2D eigenvalue weighted by atomic mass is 79.9. The first kappa shape index (κ1) is 14.7. The molecule has 0 aliphatic carbocycles. The molecule has 0 saturated carbocycles. The van der Waals surface area contributed by atoms with Gasteiger partial charge < -0.3 is 5.73 Å². The van der Waals surface area contributed by atoms with Gasteiger partial charge in [0, 0.05) is 16.9 Å². The van der Waals surface area contributed by atoms with E-state index in [1.54, 1.807) is 11.3 Å². The minimum atomic E-state index is -0.0175. The van der Waals surface area contributed by atoms with Crippen molar-refractivity contribution in [3.63, 3.8) is 0 Å². The van der Waals surface area contributed by atoms with Crippen LogP contribution in [-0.4, -0.2) is 4.98 Å². The van der Waals surface area contributed by atoms with Crippen molar-refractivity contribution in [3.8, 4) is 0 Å². The van der Waals surface area contributed by atoms with Gasteiger partial charge in [0.25, 0.3) is 0 Å². The lowest BCUT2D eigenvalue weighted by atomic mass is 10.00. The molecule has 0 radical (unpaired) electrons. The van der Waals surface area contributed by atoms with Crippen molar-refractivity contribution in [2.75, 3.05) is 0 Å². The van der Waals surface area contributed by atoms with E-state index in [4.69, 9.17) is 5.73 Å². The number of aryl methyl sites for hydroxylation is 2. The average Bonchev–Trinajstić information content (AvgIpc) is 2.86. The molecule has 3 rings (SSSR count). The van der Waals surface area contributed by atoms with Crippen molar-refractivity contribution < 1.29 is 0 Å². The second-order valence-corrected chi connectivity index (χ2v) is 7.26. The van der Waals surface area contributed by atoms with Gasteiger partial charge in [-0.3, -0.25) is 0 Å². The maximum Gasteiger partial charge on any atom is 0.0957 e. The summed E-state index contributed by atoms with van der Waals surface area (Å²) in [7, 11) is 0. The molecule has 1 unspecified atom stereocenters. The minimum absolute atomic E-state index is 0.0175. The summed E-state index contributed by atoms with van der Waals surface area (Å²) in [5.74, 6) is 0. The predicted molar refractivity (Wildman–Crippen MR) is 93.9 cm³/mol. The molecule has 0 spiro atoms. The van der Waals surface area contributed by atoms with Crippen molar-refractivity contribution in [2.24, 2.45) is 5.73 Å². The quantitative estimate of drug-likeness (QED) is 0.719. The van der Waals surface area contributed by atoms with Crippen LogP contribution in [0.2, 0.25) is 0 Å². The Labute approximate surface area is 137 Å². The molecule has 0 amide bonds. The molecular weight excluding hydrogens is 344 g/mol. The van der Waals surface area contributed by atoms with Crippen LogP contribution >= 0.6 is 27.3 Å². The van der Waals surface area contributed by atoms with Crippen molar-refractivity contribution in [1.82, 2.24) is 4.98 Å². The Morgan fingerprint density at radius 3 is 2.52 bits per heavy atom. The maximum absolute atomic E-state index is 6.39. The van der Waals surface area contributed by atoms with Gasteiger partial charge in [-0.25, -0.2) is 4.98 Å². The molecule has 0 saturated heterocycles. The normalized spacial score (nSPS) is 12.8. The summed E-state index contributed by atoms with van der Waals surface area (Å²) in [6.07, 6.45) is 0.778. The standard InChI is InChI=1S/C17H17BrN2S/c1-10-7-12(8-11(2)17(10)18)13(19)9-16-20-14-5-3-4-6-15(14)21-16/h3-8,13H,9,19H2,1-2H3. The molecule has 21 heavy (non-hydrogen) atoms. The van der Waals surface area contributed by atoms with Crippen LogP contribution in [0.3, 0.4) is 0 Å². The largest absolute Gasteiger partial charge is 0.324 e. The molecular formula is C17H17BrN2S. The average molecular weight is 361 g/mol. The molecule has 0 fully saturated rings. The van der Waals surface area contributed by atoms with Gasteiger partial charge in [-0.05, 0) is 42.7 Å². The van der Waals surface area contributed by atoms with E-state index >= 15 is 0 Å². The SMILES string of the molecule is Cc1cc(C(N)Cc2nc3ccccc3s2)cc(C)c1Br. The van der Waals surface area contributed by atoms with Gasteiger partial charge in [-0.1, -0.05) is 40.2 Å². The first-order chi connectivity index (χ1) is 10.0. The first-order valence-electron chi connectivity index (χ1n) is 6.91. The summed E-state index contributed by atoms with van der Waals surface area (Å²) in [6.45, 7) is 4.20. The van der Waals surface area contributed by atoms with E-state index < -0.39 is 0 Å². The highest BCUT2D eigenvalue weighted by Crippen LogP contribution is 2.28. The van der Waals surface area contributed by atoms with E-state index in [-0.39, 0.29) is 6.04 Å². The number of rotatable bonds is 3. The second kappa shape index (κ2) is 5.87. The number of aromatic nitrogens is 1. The van der Waals surface area contributed by atoms with Gasteiger partial charge in [0.1, 0.15) is 0 Å². The third-order valence-corrected chi connectivity index (χ3v) is 5.93. The van der Waals surface area contributed by atoms with Crippen LogP contribution in [0.4, 0.5) is 0 Å². The van der Waals surface area contributed by atoms with Gasteiger partial charge in [0.05, 0.1) is 15.2 Å². The van der Waals surface area contributed by atoms with Crippen LogP contribution in [-0.2, 0) is 6.42 Å². The number of para-hydroxylation sites is 1. The lowest BCUT2D eigenvalue weighted by Gasteiger charge is -2.14. The van der Waals surface area contributed by atoms with E-state index in [1.807, 2.05) is 12.1 Å². The highest BCUT2D eigenvalue weighted by molar-refractivity contribution is 9.10. The first-order valence-corrected chi connectivity index (χ1v) is 8.52. The molecule has 1 aromatic heterocycles. The summed E-state index contributed by atoms with van der Waals surface area (Å²) < 4.78 is 2.39. The summed E-state index contributed by atoms with van der Waals surface area (Å²) in [4.78, 5) is 4.67. The summed E-state index contributed by atoms with van der Waals surface area (Å²) >= 11 is 5.33. The van der Waals surface area contributed by atoms with Gasteiger partial charge in [0.15, 0.2) is 0 Å². The molecule has 1 atom stereocenters. The summed E-state index contributed by atoms with van der Waals surface area (Å²) in [5.41, 5.74) is 11.1. The number of thiazole rings is 1. The zero-order valence-corrected chi connectivity index (χ0v) is 14.5. The zero-order chi connectivity index (χ0) is 15.0. The number of hydrogen-bond acceptors (Lipinski definition) is 3. The van der Waals surface area contributed by atoms with Gasteiger partial charge in [-0.15, -0.1) is 11.3 Å². The van der Waals surface area contributed by atoms with E-state index in [9.17, 15) is 0 Å². The van der Waals surface area contributed by atoms with Gasteiger partial charge in [-0.2, -0.15) is 0 Å². The van der Waals surface area contributed by atoms with Gasteiger partial charge in [0.2, 0.25) is 0 Å². The number of nitrogens with two attached hydrogens (primary N) is 1. The van der Waals surface area contributed by atoms with Crippen molar-refractivity contribution in [1.29, 1.82) is 0 Å². The Hall–Kier alpha value is -1.23. The molecule has 4 heteroatoms. The van der Waals surface area contributed by atoms with Crippen LogP contribution in [0.5, 0.6) is 0 Å². The third kappa shape index (κ3) is 3.03. The molecule has 0 bridgehead atoms. The smallest absolute Gasteiger partial charge is 0.0957 e. The number of halogens is 1. The summed E-state index contributed by atoms with van der Waals surface area (Å²) in [6, 6.07) is 12.5. The highest BCUT2D eigenvalue weighted by Gasteiger charge is 2.13. The molecule has 2 nitrogen and oxygen atoms in total. The Balaban J connectivity index is 1.87. The molecule has 2 N–H and O–H groups in total. The Kier molecular flexibility index (Phi) is 4.11. The Morgan fingerprint density at radius 2 is 1.86 bits per heavy atom. The Morgan fingerprint density at radius 1 is 1.19 bits per heavy atom. The fraction of sp³-hybridized carbons (Fsp3) is 0.235. The second-order valence-electron chi connectivity index (χ2n) is 5.35. The molecule has 0 aliphatic heterocycles. The predicted octanol–water partition coefficient (Wildman–Crippen LogP) is 4.92. The van der Waals surface area contributed by atoms with Crippen LogP contribution in [0.1, 0.15) is 27.7 Å². The minimum Gasteiger partial charge on any atom is -0.324 e. The number of benzene rings is 2. The number of nitrogens with zero attached hydrogens (tertiary/aromatic N) is 1. The van der Waals surface area contributed by atoms with E-state index in [2.05, 4.69) is 59.0 Å². The summed E-state index contributed by atoms with van der Waals surface area (Å²) in [5, 5.41) is 1.10. The van der Waals surface area contributed by atoms with Crippen molar-refractivity contribution >= 4 is 37.5 Å². The van der Waals surface area contributed by atoms with E-state index in [0.717, 1.165) is 16.9 Å². The Bertz CT molecular complexity index is 738. The fourth-order valence-corrected chi connectivity index (χ4v) is 3.76. The van der Waals surface area contributed by atoms with Gasteiger partial charge >= 0.3 is 0 Å². The van der Waals surface area contributed by atoms with Crippen molar-refractivity contribution in [2.45, 2.75) is 26.3 Å². The number of hydrogen-bond donors (Lipinski definition) is 1. The monoisotopic (exact) mass is 360 g/mol. The van der Waals surface area contributed by atoms with E-state index in [1.165, 1.54) is 25.9 Å². The molecule has 108 valence electrons. The van der Waals surface area contributed by atoms with Crippen LogP contribution in [0.25, 0.3) is 10.2 Å². The zero-order valence-electron chi connectivity index (χ0n) is 12.1. The lowest BCUT2D eigenvalue weighted by molar-refractivity contribution is 0.717. The third-order valence-electron chi connectivity index (χ3n) is 3.62. The maximum atomic E-state index is 6.39. The molecule has 2 aromatic carbocycles. The molecule has 3 aromatic rings. The van der Waals surface area contributed by atoms with E-state index in [0.29, 0.717) is 0 Å². The molecule has 0 aliphatic rings. The topological polar surface area (TPSA) is 38.9 Å².